The molecule has 0 aromatic heterocycles. The first kappa shape index (κ1) is 17.1. The fraction of sp³-hybridized carbons (Fsp3) is 0.208. The molecule has 0 radical (unpaired) electrons. The average Bonchev–Trinajstić information content (AvgIpc) is 3.41. The second-order valence-corrected chi connectivity index (χ2v) is 8.70. The minimum absolute atomic E-state index is 0.0826. The van der Waals surface area contributed by atoms with E-state index in [0.717, 1.165) is 50.3 Å². The lowest BCUT2D eigenvalue weighted by molar-refractivity contribution is -0.122. The topological polar surface area (TPSA) is 38.8 Å². The lowest BCUT2D eigenvalue weighted by Crippen LogP contribution is -2.42. The summed E-state index contributed by atoms with van der Waals surface area (Å²) in [5, 5.41) is 0. The van der Waals surface area contributed by atoms with Gasteiger partial charge < -0.3 is 14.4 Å². The molecular weight excluding hydrogens is 430 g/mol. The number of hydrogen-bond acceptors (Lipinski definition) is 3. The summed E-state index contributed by atoms with van der Waals surface area (Å²) < 4.78 is 12.8. The Labute approximate surface area is 177 Å². The molecule has 0 fully saturated rings. The van der Waals surface area contributed by atoms with E-state index in [1.165, 1.54) is 0 Å². The number of anilines is 1. The number of benzene rings is 3. The van der Waals surface area contributed by atoms with E-state index in [-0.39, 0.29) is 5.91 Å². The highest BCUT2D eigenvalue weighted by Gasteiger charge is 2.57. The number of para-hydroxylation sites is 1. The van der Waals surface area contributed by atoms with Gasteiger partial charge in [-0.15, -0.1) is 0 Å². The molecule has 5 heteroatoms. The lowest BCUT2D eigenvalue weighted by atomic mass is 9.76. The molecule has 144 valence electrons. The minimum atomic E-state index is -0.779. The number of nitrogens with zero attached hydrogens (tertiary/aromatic N) is 1. The fourth-order valence-corrected chi connectivity index (χ4v) is 5.04. The van der Waals surface area contributed by atoms with Crippen molar-refractivity contribution < 1.29 is 14.3 Å². The Morgan fingerprint density at radius 2 is 1.79 bits per heavy atom. The molecule has 0 aliphatic carbocycles. The van der Waals surface area contributed by atoms with Gasteiger partial charge in [0.25, 0.3) is 0 Å². The second kappa shape index (κ2) is 6.10. The van der Waals surface area contributed by atoms with E-state index in [1.807, 2.05) is 53.4 Å². The zero-order chi connectivity index (χ0) is 19.6. The van der Waals surface area contributed by atoms with Crippen LogP contribution in [-0.4, -0.2) is 19.1 Å². The maximum absolute atomic E-state index is 13.9. The first-order valence-corrected chi connectivity index (χ1v) is 10.5. The van der Waals surface area contributed by atoms with Gasteiger partial charge in [-0.3, -0.25) is 4.79 Å². The maximum Gasteiger partial charge on any atom is 0.246 e. The summed E-state index contributed by atoms with van der Waals surface area (Å²) >= 11 is 3.48. The van der Waals surface area contributed by atoms with Gasteiger partial charge in [0.05, 0.1) is 13.2 Å². The lowest BCUT2D eigenvalue weighted by Gasteiger charge is -2.23. The van der Waals surface area contributed by atoms with Gasteiger partial charge in [-0.1, -0.05) is 46.3 Å². The van der Waals surface area contributed by atoms with Crippen LogP contribution in [0.5, 0.6) is 11.5 Å². The van der Waals surface area contributed by atoms with Crippen molar-refractivity contribution in [1.82, 2.24) is 0 Å². The Morgan fingerprint density at radius 1 is 0.966 bits per heavy atom. The zero-order valence-corrected chi connectivity index (χ0v) is 17.2. The van der Waals surface area contributed by atoms with Crippen molar-refractivity contribution in [3.8, 4) is 11.5 Å². The number of ether oxygens (including phenoxy) is 2. The Morgan fingerprint density at radius 3 is 2.66 bits per heavy atom. The van der Waals surface area contributed by atoms with Crippen molar-refractivity contribution >= 4 is 27.5 Å². The third-order valence-corrected chi connectivity index (χ3v) is 6.74. The molecule has 1 amide bonds. The molecule has 0 bridgehead atoms. The van der Waals surface area contributed by atoms with Crippen LogP contribution in [0, 0.1) is 0 Å². The number of halogens is 1. The molecule has 6 rings (SSSR count). The predicted molar refractivity (Wildman–Crippen MR) is 114 cm³/mol. The molecular formula is C24H18BrNO3. The highest BCUT2D eigenvalue weighted by atomic mass is 79.9. The van der Waals surface area contributed by atoms with E-state index >= 15 is 0 Å². The molecule has 3 aromatic rings. The van der Waals surface area contributed by atoms with Crippen LogP contribution >= 0.6 is 15.9 Å². The molecule has 3 aromatic carbocycles. The van der Waals surface area contributed by atoms with Gasteiger partial charge in [-0.2, -0.15) is 0 Å². The van der Waals surface area contributed by atoms with E-state index in [0.29, 0.717) is 19.8 Å². The molecule has 3 aliphatic heterocycles. The number of carbonyl (C=O) groups excluding carboxylic acids is 1. The van der Waals surface area contributed by atoms with Crippen LogP contribution in [0.1, 0.15) is 22.3 Å². The van der Waals surface area contributed by atoms with E-state index in [2.05, 4.69) is 28.1 Å². The Balaban J connectivity index is 1.49. The van der Waals surface area contributed by atoms with Crippen molar-refractivity contribution in [3.63, 3.8) is 0 Å². The van der Waals surface area contributed by atoms with E-state index in [9.17, 15) is 4.79 Å². The number of carbonyl (C=O) groups is 1. The van der Waals surface area contributed by atoms with E-state index in [1.54, 1.807) is 0 Å². The summed E-state index contributed by atoms with van der Waals surface area (Å²) in [7, 11) is 0. The second-order valence-electron chi connectivity index (χ2n) is 7.78. The minimum Gasteiger partial charge on any atom is -0.493 e. The standard InChI is InChI=1S/C24H18BrNO3/c25-17-7-5-15(6-8-17)13-26-20-4-2-1-3-18(20)24(23(26)27)14-29-22-12-21-16(9-10-28-21)11-19(22)24/h1-8,11-12H,9-10,13-14H2. The first-order valence-electron chi connectivity index (χ1n) is 9.76. The molecule has 1 spiro atoms. The van der Waals surface area contributed by atoms with Gasteiger partial charge in [0.2, 0.25) is 5.91 Å². The number of hydrogen-bond donors (Lipinski definition) is 0. The quantitative estimate of drug-likeness (QED) is 0.575. The third kappa shape index (κ3) is 2.34. The molecule has 1 atom stereocenters. The highest BCUT2D eigenvalue weighted by Crippen LogP contribution is 2.54. The van der Waals surface area contributed by atoms with Crippen LogP contribution in [0.2, 0.25) is 0 Å². The van der Waals surface area contributed by atoms with Crippen molar-refractivity contribution in [1.29, 1.82) is 0 Å². The highest BCUT2D eigenvalue weighted by molar-refractivity contribution is 9.10. The molecule has 0 saturated carbocycles. The smallest absolute Gasteiger partial charge is 0.246 e. The van der Waals surface area contributed by atoms with E-state index < -0.39 is 5.41 Å². The van der Waals surface area contributed by atoms with Crippen LogP contribution in [0.25, 0.3) is 0 Å². The van der Waals surface area contributed by atoms with Crippen molar-refractivity contribution in [2.24, 2.45) is 0 Å². The molecule has 3 aliphatic rings. The van der Waals surface area contributed by atoms with Crippen molar-refractivity contribution in [2.75, 3.05) is 18.1 Å². The maximum atomic E-state index is 13.9. The van der Waals surface area contributed by atoms with Gasteiger partial charge in [-0.25, -0.2) is 0 Å². The van der Waals surface area contributed by atoms with E-state index in [4.69, 9.17) is 9.47 Å². The summed E-state index contributed by atoms with van der Waals surface area (Å²) in [6.07, 6.45) is 0.872. The molecule has 1 unspecified atom stereocenters. The molecule has 29 heavy (non-hydrogen) atoms. The predicted octanol–water partition coefficient (Wildman–Crippen LogP) is 4.61. The summed E-state index contributed by atoms with van der Waals surface area (Å²) in [6, 6.07) is 20.3. The van der Waals surface area contributed by atoms with Crippen LogP contribution < -0.4 is 14.4 Å². The van der Waals surface area contributed by atoms with Gasteiger partial charge >= 0.3 is 0 Å². The van der Waals surface area contributed by atoms with Gasteiger partial charge in [0.1, 0.15) is 23.5 Å². The monoisotopic (exact) mass is 447 g/mol. The normalized spacial score (nSPS) is 21.0. The molecule has 4 nitrogen and oxygen atoms in total. The van der Waals surface area contributed by atoms with Gasteiger partial charge in [-0.05, 0) is 41.0 Å². The van der Waals surface area contributed by atoms with Crippen LogP contribution in [0.3, 0.4) is 0 Å². The summed E-state index contributed by atoms with van der Waals surface area (Å²) in [6.45, 7) is 1.55. The Kier molecular flexibility index (Phi) is 3.60. The number of rotatable bonds is 2. The van der Waals surface area contributed by atoms with Crippen molar-refractivity contribution in [2.45, 2.75) is 18.4 Å². The summed E-state index contributed by atoms with van der Waals surface area (Å²) in [5.41, 5.74) is 4.44. The first-order chi connectivity index (χ1) is 14.2. The average molecular weight is 448 g/mol. The SMILES string of the molecule is O=C1N(Cc2ccc(Br)cc2)c2ccccc2C12COc1cc3c(cc12)CCO3. The van der Waals surface area contributed by atoms with Crippen LogP contribution in [0.4, 0.5) is 5.69 Å². The number of fused-ring (bicyclic) bond motifs is 5. The zero-order valence-electron chi connectivity index (χ0n) is 15.7. The molecule has 0 N–H and O–H groups in total. The third-order valence-electron chi connectivity index (χ3n) is 6.21. The Hall–Kier alpha value is -2.79. The van der Waals surface area contributed by atoms with Gasteiger partial charge in [0.15, 0.2) is 0 Å². The van der Waals surface area contributed by atoms with Gasteiger partial charge in [0, 0.05) is 28.2 Å². The fourth-order valence-electron chi connectivity index (χ4n) is 4.78. The summed E-state index contributed by atoms with van der Waals surface area (Å²) in [4.78, 5) is 15.8. The Bertz CT molecular complexity index is 1160. The number of amides is 1. The largest absolute Gasteiger partial charge is 0.493 e. The van der Waals surface area contributed by atoms with Crippen LogP contribution in [0.15, 0.2) is 65.1 Å². The van der Waals surface area contributed by atoms with Crippen LogP contribution in [-0.2, 0) is 23.2 Å². The van der Waals surface area contributed by atoms with Crippen molar-refractivity contribution in [3.05, 3.63) is 87.4 Å². The molecule has 0 saturated heterocycles. The summed E-state index contributed by atoms with van der Waals surface area (Å²) in [5.74, 6) is 1.73. The molecule has 3 heterocycles.